The van der Waals surface area contributed by atoms with Gasteiger partial charge in [-0.15, -0.1) is 0 Å². The van der Waals surface area contributed by atoms with Gasteiger partial charge in [0, 0.05) is 11.4 Å². The Morgan fingerprint density at radius 3 is 2.65 bits per heavy atom. The first kappa shape index (κ1) is 14.0. The molecule has 1 atom stereocenters. The van der Waals surface area contributed by atoms with E-state index in [0.717, 1.165) is 17.1 Å². The predicted octanol–water partition coefficient (Wildman–Crippen LogP) is 1.99. The van der Waals surface area contributed by atoms with E-state index in [1.165, 1.54) is 0 Å². The predicted molar refractivity (Wildman–Crippen MR) is 78.4 cm³/mol. The number of anilines is 2. The highest BCUT2D eigenvalue weighted by atomic mass is 16.2. The van der Waals surface area contributed by atoms with Crippen molar-refractivity contribution in [1.29, 1.82) is 0 Å². The van der Waals surface area contributed by atoms with Crippen molar-refractivity contribution < 1.29 is 4.79 Å². The van der Waals surface area contributed by atoms with E-state index in [0.29, 0.717) is 11.5 Å². The molecular weight excluding hydrogens is 254 g/mol. The number of carbonyl (C=O) groups is 1. The molecule has 0 aliphatic heterocycles. The summed E-state index contributed by atoms with van der Waals surface area (Å²) in [6, 6.07) is 5.00. The lowest BCUT2D eigenvalue weighted by molar-refractivity contribution is -0.119. The van der Waals surface area contributed by atoms with Gasteiger partial charge in [-0.05, 0) is 45.4 Å². The van der Waals surface area contributed by atoms with Gasteiger partial charge in [0.05, 0.1) is 0 Å². The first-order valence-corrected chi connectivity index (χ1v) is 6.45. The number of nitrogens with two attached hydrogens (primary N) is 1. The first-order chi connectivity index (χ1) is 9.38. The third-order valence-electron chi connectivity index (χ3n) is 3.17. The van der Waals surface area contributed by atoms with E-state index in [2.05, 4.69) is 15.4 Å². The second-order valence-corrected chi connectivity index (χ2v) is 4.89. The molecule has 0 aliphatic carbocycles. The Morgan fingerprint density at radius 2 is 2.05 bits per heavy atom. The number of rotatable bonds is 3. The average molecular weight is 273 g/mol. The van der Waals surface area contributed by atoms with E-state index in [4.69, 9.17) is 5.73 Å². The van der Waals surface area contributed by atoms with Crippen molar-refractivity contribution in [3.63, 3.8) is 0 Å². The maximum Gasteiger partial charge on any atom is 0.249 e. The molecule has 0 spiro atoms. The van der Waals surface area contributed by atoms with Gasteiger partial charge in [-0.25, -0.2) is 9.67 Å². The SMILES string of the molecule is Cc1nc(C)n(C(C)C(=O)Nc2cc(N)ccc2C)n1. The van der Waals surface area contributed by atoms with Crippen LogP contribution in [0.4, 0.5) is 11.4 Å². The largest absolute Gasteiger partial charge is 0.399 e. The van der Waals surface area contributed by atoms with Crippen LogP contribution in [0, 0.1) is 20.8 Å². The van der Waals surface area contributed by atoms with Crippen molar-refractivity contribution in [1.82, 2.24) is 14.8 Å². The minimum atomic E-state index is -0.433. The van der Waals surface area contributed by atoms with Crippen LogP contribution >= 0.6 is 0 Å². The van der Waals surface area contributed by atoms with Gasteiger partial charge >= 0.3 is 0 Å². The highest BCUT2D eigenvalue weighted by molar-refractivity contribution is 5.94. The monoisotopic (exact) mass is 273 g/mol. The summed E-state index contributed by atoms with van der Waals surface area (Å²) in [5.74, 6) is 1.23. The lowest BCUT2D eigenvalue weighted by Gasteiger charge is -2.15. The molecule has 106 valence electrons. The average Bonchev–Trinajstić information content (AvgIpc) is 2.72. The second-order valence-electron chi connectivity index (χ2n) is 4.89. The zero-order chi connectivity index (χ0) is 14.9. The molecule has 2 rings (SSSR count). The molecule has 1 unspecified atom stereocenters. The molecule has 1 aromatic heterocycles. The summed E-state index contributed by atoms with van der Waals surface area (Å²) in [5, 5.41) is 7.11. The normalized spacial score (nSPS) is 12.2. The summed E-state index contributed by atoms with van der Waals surface area (Å²) in [6.45, 7) is 7.34. The first-order valence-electron chi connectivity index (χ1n) is 6.45. The van der Waals surface area contributed by atoms with Gasteiger partial charge in [-0.2, -0.15) is 5.10 Å². The minimum Gasteiger partial charge on any atom is -0.399 e. The van der Waals surface area contributed by atoms with Gasteiger partial charge in [-0.3, -0.25) is 4.79 Å². The molecule has 0 radical (unpaired) electrons. The molecule has 2 aromatic rings. The van der Waals surface area contributed by atoms with Gasteiger partial charge in [-0.1, -0.05) is 6.07 Å². The Labute approximate surface area is 118 Å². The minimum absolute atomic E-state index is 0.147. The highest BCUT2D eigenvalue weighted by Gasteiger charge is 2.19. The van der Waals surface area contributed by atoms with Crippen LogP contribution in [0.2, 0.25) is 0 Å². The van der Waals surface area contributed by atoms with Crippen LogP contribution in [0.15, 0.2) is 18.2 Å². The fraction of sp³-hybridized carbons (Fsp3) is 0.357. The number of nitrogen functional groups attached to an aromatic ring is 1. The smallest absolute Gasteiger partial charge is 0.249 e. The van der Waals surface area contributed by atoms with E-state index in [9.17, 15) is 4.79 Å². The summed E-state index contributed by atoms with van der Waals surface area (Å²) in [4.78, 5) is 16.5. The summed E-state index contributed by atoms with van der Waals surface area (Å²) in [7, 11) is 0. The summed E-state index contributed by atoms with van der Waals surface area (Å²) < 4.78 is 1.62. The fourth-order valence-electron chi connectivity index (χ4n) is 2.03. The maximum atomic E-state index is 12.3. The van der Waals surface area contributed by atoms with E-state index in [-0.39, 0.29) is 5.91 Å². The van der Waals surface area contributed by atoms with Crippen LogP contribution in [0.5, 0.6) is 0 Å². The Hall–Kier alpha value is -2.37. The maximum absolute atomic E-state index is 12.3. The Kier molecular flexibility index (Phi) is 3.74. The van der Waals surface area contributed by atoms with Gasteiger partial charge in [0.15, 0.2) is 0 Å². The number of aromatic nitrogens is 3. The van der Waals surface area contributed by atoms with Crippen molar-refractivity contribution in [3.8, 4) is 0 Å². The Balaban J connectivity index is 2.19. The van der Waals surface area contributed by atoms with Crippen LogP contribution in [0.25, 0.3) is 0 Å². The number of aryl methyl sites for hydroxylation is 3. The molecule has 0 bridgehead atoms. The third kappa shape index (κ3) is 2.79. The molecule has 6 nitrogen and oxygen atoms in total. The lowest BCUT2D eigenvalue weighted by Crippen LogP contribution is -2.25. The number of carbonyl (C=O) groups excluding carboxylic acids is 1. The molecule has 0 aliphatic rings. The van der Waals surface area contributed by atoms with E-state index in [1.54, 1.807) is 30.7 Å². The lowest BCUT2D eigenvalue weighted by atomic mass is 10.1. The zero-order valence-corrected chi connectivity index (χ0v) is 12.1. The van der Waals surface area contributed by atoms with Crippen LogP contribution in [-0.2, 0) is 4.79 Å². The van der Waals surface area contributed by atoms with Crippen molar-refractivity contribution in [2.45, 2.75) is 33.7 Å². The molecule has 20 heavy (non-hydrogen) atoms. The van der Waals surface area contributed by atoms with Gasteiger partial charge in [0.2, 0.25) is 5.91 Å². The number of amides is 1. The van der Waals surface area contributed by atoms with E-state index < -0.39 is 6.04 Å². The molecule has 0 fully saturated rings. The van der Waals surface area contributed by atoms with Crippen molar-refractivity contribution in [3.05, 3.63) is 35.4 Å². The highest BCUT2D eigenvalue weighted by Crippen LogP contribution is 2.20. The number of nitrogens with one attached hydrogen (secondary N) is 1. The topological polar surface area (TPSA) is 85.8 Å². The van der Waals surface area contributed by atoms with Crippen molar-refractivity contribution >= 4 is 17.3 Å². The molecule has 1 amide bonds. The summed E-state index contributed by atoms with van der Waals surface area (Å²) >= 11 is 0. The number of hydrogen-bond donors (Lipinski definition) is 2. The molecule has 0 saturated heterocycles. The zero-order valence-electron chi connectivity index (χ0n) is 12.1. The van der Waals surface area contributed by atoms with Crippen molar-refractivity contribution in [2.75, 3.05) is 11.1 Å². The number of nitrogens with zero attached hydrogens (tertiary/aromatic N) is 3. The molecular formula is C14H19N5O. The number of hydrogen-bond acceptors (Lipinski definition) is 4. The Morgan fingerprint density at radius 1 is 1.35 bits per heavy atom. The Bertz CT molecular complexity index is 647. The third-order valence-corrected chi connectivity index (χ3v) is 3.17. The molecule has 1 heterocycles. The van der Waals surface area contributed by atoms with Crippen LogP contribution in [-0.4, -0.2) is 20.7 Å². The van der Waals surface area contributed by atoms with Crippen LogP contribution in [0.1, 0.15) is 30.2 Å². The van der Waals surface area contributed by atoms with Gasteiger partial charge in [0.25, 0.3) is 0 Å². The molecule has 6 heteroatoms. The summed E-state index contributed by atoms with van der Waals surface area (Å²) in [6.07, 6.45) is 0. The van der Waals surface area contributed by atoms with Crippen LogP contribution in [0.3, 0.4) is 0 Å². The van der Waals surface area contributed by atoms with Crippen LogP contribution < -0.4 is 11.1 Å². The molecule has 1 aromatic carbocycles. The van der Waals surface area contributed by atoms with E-state index >= 15 is 0 Å². The quantitative estimate of drug-likeness (QED) is 0.837. The van der Waals surface area contributed by atoms with Gasteiger partial charge < -0.3 is 11.1 Å². The standard InChI is InChI=1S/C14H19N5O/c1-8-5-6-12(15)7-13(8)17-14(20)9(2)19-11(4)16-10(3)18-19/h5-7,9H,15H2,1-4H3,(H,17,20). The van der Waals surface area contributed by atoms with Gasteiger partial charge in [0.1, 0.15) is 17.7 Å². The molecule has 0 saturated carbocycles. The number of benzene rings is 1. The summed E-state index contributed by atoms with van der Waals surface area (Å²) in [5.41, 5.74) is 8.04. The molecule has 3 N–H and O–H groups in total. The van der Waals surface area contributed by atoms with Crippen molar-refractivity contribution in [2.24, 2.45) is 0 Å². The van der Waals surface area contributed by atoms with E-state index in [1.807, 2.05) is 19.9 Å². The second kappa shape index (κ2) is 5.32. The fourth-order valence-corrected chi connectivity index (χ4v) is 2.03.